The monoisotopic (exact) mass is 370 g/mol. The van der Waals surface area contributed by atoms with Crippen LogP contribution in [0.2, 0.25) is 0 Å². The number of thiophene rings is 1. The average Bonchev–Trinajstić information content (AvgIpc) is 3.18. The van der Waals surface area contributed by atoms with Crippen molar-refractivity contribution >= 4 is 17.2 Å². The van der Waals surface area contributed by atoms with Crippen LogP contribution in [-0.2, 0) is 6.54 Å². The number of rotatable bonds is 7. The van der Waals surface area contributed by atoms with Gasteiger partial charge in [0.25, 0.3) is 5.91 Å². The molecule has 2 heterocycles. The molecule has 1 atom stereocenters. The smallest absolute Gasteiger partial charge is 0.264 e. The van der Waals surface area contributed by atoms with Gasteiger partial charge < -0.3 is 9.80 Å². The molecule has 26 heavy (non-hydrogen) atoms. The summed E-state index contributed by atoms with van der Waals surface area (Å²) in [5, 5.41) is 1.98. The average molecular weight is 371 g/mol. The van der Waals surface area contributed by atoms with Crippen molar-refractivity contribution in [2.24, 2.45) is 0 Å². The molecule has 1 aromatic heterocycles. The van der Waals surface area contributed by atoms with Crippen LogP contribution in [-0.4, -0.2) is 41.4 Å². The number of carbonyl (C=O) groups is 1. The van der Waals surface area contributed by atoms with Crippen LogP contribution in [0.25, 0.3) is 0 Å². The largest absolute Gasteiger partial charge is 0.334 e. The lowest BCUT2D eigenvalue weighted by atomic mass is 10.0. The lowest BCUT2D eigenvalue weighted by molar-refractivity contribution is 0.0731. The molecule has 1 aromatic carbocycles. The number of benzene rings is 1. The van der Waals surface area contributed by atoms with Gasteiger partial charge in [0.2, 0.25) is 0 Å². The molecule has 3 rings (SSSR count). The molecule has 4 heteroatoms. The quantitative estimate of drug-likeness (QED) is 0.687. The Kier molecular flexibility index (Phi) is 6.86. The molecule has 0 saturated carbocycles. The number of carbonyl (C=O) groups excluding carboxylic acids is 1. The van der Waals surface area contributed by atoms with Crippen LogP contribution in [0.3, 0.4) is 0 Å². The Morgan fingerprint density at radius 3 is 2.73 bits per heavy atom. The van der Waals surface area contributed by atoms with E-state index in [0.29, 0.717) is 12.6 Å². The van der Waals surface area contributed by atoms with Crippen molar-refractivity contribution in [2.45, 2.75) is 52.1 Å². The summed E-state index contributed by atoms with van der Waals surface area (Å²) in [7, 11) is 0. The third kappa shape index (κ3) is 5.18. The third-order valence-corrected chi connectivity index (χ3v) is 6.18. The minimum Gasteiger partial charge on any atom is -0.334 e. The maximum Gasteiger partial charge on any atom is 0.264 e. The number of piperidine rings is 1. The molecule has 1 aliphatic heterocycles. The summed E-state index contributed by atoms with van der Waals surface area (Å²) in [6.45, 7) is 8.22. The van der Waals surface area contributed by atoms with Gasteiger partial charge in [-0.15, -0.1) is 11.3 Å². The molecule has 1 fully saturated rings. The highest BCUT2D eigenvalue weighted by molar-refractivity contribution is 7.12. The standard InChI is InChI=1S/C22H30N2OS/c1-18-9-11-20(12-10-18)17-24(22(25)21-8-5-16-26-21)15-6-14-23-13-4-3-7-19(23)2/h5,8-12,16,19H,3-4,6-7,13-15,17H2,1-2H3. The van der Waals surface area contributed by atoms with Crippen molar-refractivity contribution in [3.8, 4) is 0 Å². The molecule has 0 spiro atoms. The first-order valence-electron chi connectivity index (χ1n) is 9.76. The number of hydrogen-bond donors (Lipinski definition) is 0. The molecule has 1 saturated heterocycles. The Labute approximate surface area is 161 Å². The first-order valence-corrected chi connectivity index (χ1v) is 10.6. The molecule has 140 valence electrons. The van der Waals surface area contributed by atoms with E-state index < -0.39 is 0 Å². The van der Waals surface area contributed by atoms with E-state index in [1.807, 2.05) is 22.4 Å². The summed E-state index contributed by atoms with van der Waals surface area (Å²) in [5.41, 5.74) is 2.45. The lowest BCUT2D eigenvalue weighted by Crippen LogP contribution is -2.40. The Bertz CT molecular complexity index is 681. The van der Waals surface area contributed by atoms with E-state index in [-0.39, 0.29) is 5.91 Å². The molecule has 0 radical (unpaired) electrons. The second kappa shape index (κ2) is 9.33. The minimum atomic E-state index is 0.160. The van der Waals surface area contributed by atoms with Gasteiger partial charge in [-0.3, -0.25) is 4.79 Å². The second-order valence-corrected chi connectivity index (χ2v) is 8.37. The van der Waals surface area contributed by atoms with Gasteiger partial charge >= 0.3 is 0 Å². The van der Waals surface area contributed by atoms with E-state index in [1.54, 1.807) is 0 Å². The normalized spacial score (nSPS) is 18.0. The third-order valence-electron chi connectivity index (χ3n) is 5.33. The Morgan fingerprint density at radius 2 is 2.04 bits per heavy atom. The van der Waals surface area contributed by atoms with Crippen LogP contribution in [0.4, 0.5) is 0 Å². The van der Waals surface area contributed by atoms with Gasteiger partial charge in [-0.05, 0) is 56.7 Å². The zero-order valence-electron chi connectivity index (χ0n) is 16.0. The molecule has 1 amide bonds. The Morgan fingerprint density at radius 1 is 1.23 bits per heavy atom. The number of nitrogens with zero attached hydrogens (tertiary/aromatic N) is 2. The molecule has 1 unspecified atom stereocenters. The maximum absolute atomic E-state index is 12.9. The van der Waals surface area contributed by atoms with Gasteiger partial charge in [0, 0.05) is 25.7 Å². The van der Waals surface area contributed by atoms with Gasteiger partial charge in [-0.25, -0.2) is 0 Å². The van der Waals surface area contributed by atoms with E-state index in [9.17, 15) is 4.79 Å². The van der Waals surface area contributed by atoms with Crippen LogP contribution >= 0.6 is 11.3 Å². The topological polar surface area (TPSA) is 23.6 Å². The van der Waals surface area contributed by atoms with Crippen LogP contribution in [0, 0.1) is 6.92 Å². The highest BCUT2D eigenvalue weighted by atomic mass is 32.1. The highest BCUT2D eigenvalue weighted by Gasteiger charge is 2.20. The van der Waals surface area contributed by atoms with Crippen molar-refractivity contribution in [3.05, 3.63) is 57.8 Å². The van der Waals surface area contributed by atoms with E-state index in [0.717, 1.165) is 24.4 Å². The Hall–Kier alpha value is -1.65. The first kappa shape index (κ1) is 19.1. The van der Waals surface area contributed by atoms with Gasteiger partial charge in [-0.1, -0.05) is 42.3 Å². The molecular weight excluding hydrogens is 340 g/mol. The summed E-state index contributed by atoms with van der Waals surface area (Å²) in [5.74, 6) is 0.160. The fourth-order valence-corrected chi connectivity index (χ4v) is 4.37. The summed E-state index contributed by atoms with van der Waals surface area (Å²) in [6, 6.07) is 13.1. The highest BCUT2D eigenvalue weighted by Crippen LogP contribution is 2.18. The fraction of sp³-hybridized carbons (Fsp3) is 0.500. The maximum atomic E-state index is 12.9. The fourth-order valence-electron chi connectivity index (χ4n) is 3.68. The number of amides is 1. The number of aryl methyl sites for hydroxylation is 1. The van der Waals surface area contributed by atoms with Gasteiger partial charge in [-0.2, -0.15) is 0 Å². The number of hydrogen-bond acceptors (Lipinski definition) is 3. The predicted molar refractivity (Wildman–Crippen MR) is 110 cm³/mol. The summed E-state index contributed by atoms with van der Waals surface area (Å²) in [6.07, 6.45) is 5.01. The van der Waals surface area contributed by atoms with Gasteiger partial charge in [0.15, 0.2) is 0 Å². The van der Waals surface area contributed by atoms with E-state index in [4.69, 9.17) is 0 Å². The van der Waals surface area contributed by atoms with Crippen molar-refractivity contribution in [1.29, 1.82) is 0 Å². The van der Waals surface area contributed by atoms with Crippen molar-refractivity contribution in [3.63, 3.8) is 0 Å². The Balaban J connectivity index is 1.62. The van der Waals surface area contributed by atoms with Crippen molar-refractivity contribution in [2.75, 3.05) is 19.6 Å². The van der Waals surface area contributed by atoms with Gasteiger partial charge in [0.1, 0.15) is 0 Å². The molecule has 0 N–H and O–H groups in total. The summed E-state index contributed by atoms with van der Waals surface area (Å²) < 4.78 is 0. The first-order chi connectivity index (χ1) is 12.6. The molecule has 1 aliphatic rings. The summed E-state index contributed by atoms with van der Waals surface area (Å²) >= 11 is 1.53. The second-order valence-electron chi connectivity index (χ2n) is 7.42. The zero-order chi connectivity index (χ0) is 18.4. The lowest BCUT2D eigenvalue weighted by Gasteiger charge is -2.34. The predicted octanol–water partition coefficient (Wildman–Crippen LogP) is 4.96. The van der Waals surface area contributed by atoms with Gasteiger partial charge in [0.05, 0.1) is 4.88 Å². The molecular formula is C22H30N2OS. The van der Waals surface area contributed by atoms with E-state index >= 15 is 0 Å². The van der Waals surface area contributed by atoms with Crippen LogP contribution in [0.5, 0.6) is 0 Å². The minimum absolute atomic E-state index is 0.160. The molecule has 2 aromatic rings. The van der Waals surface area contributed by atoms with E-state index in [2.05, 4.69) is 43.0 Å². The van der Waals surface area contributed by atoms with Crippen molar-refractivity contribution < 1.29 is 4.79 Å². The molecule has 3 nitrogen and oxygen atoms in total. The zero-order valence-corrected chi connectivity index (χ0v) is 16.8. The molecule has 0 bridgehead atoms. The van der Waals surface area contributed by atoms with E-state index in [1.165, 1.54) is 48.3 Å². The van der Waals surface area contributed by atoms with Crippen LogP contribution in [0.15, 0.2) is 41.8 Å². The SMILES string of the molecule is Cc1ccc(CN(CCCN2CCCCC2C)C(=O)c2cccs2)cc1. The van der Waals surface area contributed by atoms with Crippen LogP contribution < -0.4 is 0 Å². The number of likely N-dealkylation sites (tertiary alicyclic amines) is 1. The molecule has 0 aliphatic carbocycles. The van der Waals surface area contributed by atoms with Crippen LogP contribution in [0.1, 0.15) is 53.4 Å². The van der Waals surface area contributed by atoms with Crippen molar-refractivity contribution in [1.82, 2.24) is 9.80 Å². The summed E-state index contributed by atoms with van der Waals surface area (Å²) in [4.78, 5) is 18.4.